The fourth-order valence-corrected chi connectivity index (χ4v) is 1.97. The molecule has 1 amide bonds. The summed E-state index contributed by atoms with van der Waals surface area (Å²) in [4.78, 5) is 16.1. The summed E-state index contributed by atoms with van der Waals surface area (Å²) in [6.45, 7) is 0. The lowest BCUT2D eigenvalue weighted by Gasteiger charge is -2.06. The maximum absolute atomic E-state index is 12.1. The van der Waals surface area contributed by atoms with E-state index < -0.39 is 5.91 Å². The van der Waals surface area contributed by atoms with Crippen LogP contribution in [0.25, 0.3) is 0 Å². The zero-order chi connectivity index (χ0) is 16.8. The Bertz CT molecular complexity index is 799. The monoisotopic (exact) mass is 391 g/mol. The lowest BCUT2D eigenvalue weighted by Crippen LogP contribution is -2.14. The maximum Gasteiger partial charge on any atom is 0.267 e. The van der Waals surface area contributed by atoms with Gasteiger partial charge in [-0.05, 0) is 46.3 Å². The molecule has 4 N–H and O–H groups in total. The van der Waals surface area contributed by atoms with Crippen molar-refractivity contribution in [3.8, 4) is 6.07 Å². The molecular weight excluding hydrogens is 382 g/mol. The molecule has 0 fully saturated rings. The van der Waals surface area contributed by atoms with Crippen LogP contribution < -0.4 is 16.4 Å². The standard InChI is InChI=1S/C15H11BrClN5O/c16-10-1-4-14(21-8-10)20-7-9(6-18)15(23)22-11-2-3-13(19)12(17)5-11/h1-5,7-8H,19H2,(H,20,21)(H,22,23)/b9-7-. The molecule has 0 aliphatic carbocycles. The Morgan fingerprint density at radius 2 is 2.17 bits per heavy atom. The molecule has 1 heterocycles. The first kappa shape index (κ1) is 16.8. The Labute approximate surface area is 146 Å². The van der Waals surface area contributed by atoms with Gasteiger partial charge in [0.1, 0.15) is 17.5 Å². The average Bonchev–Trinajstić information content (AvgIpc) is 2.53. The van der Waals surface area contributed by atoms with Crippen LogP contribution in [0.4, 0.5) is 17.2 Å². The lowest BCUT2D eigenvalue weighted by molar-refractivity contribution is -0.112. The number of rotatable bonds is 4. The summed E-state index contributed by atoms with van der Waals surface area (Å²) in [5.41, 5.74) is 6.34. The number of nitriles is 1. The molecule has 0 saturated heterocycles. The quantitative estimate of drug-likeness (QED) is 0.419. The van der Waals surface area contributed by atoms with Gasteiger partial charge in [0.2, 0.25) is 0 Å². The summed E-state index contributed by atoms with van der Waals surface area (Å²) >= 11 is 9.15. The third kappa shape index (κ3) is 4.71. The van der Waals surface area contributed by atoms with E-state index in [1.165, 1.54) is 12.3 Å². The number of halogens is 2. The number of nitrogens with one attached hydrogen (secondary N) is 2. The molecule has 0 bridgehead atoms. The number of anilines is 3. The number of carbonyl (C=O) groups excluding carboxylic acids is 1. The highest BCUT2D eigenvalue weighted by atomic mass is 79.9. The Kier molecular flexibility index (Phi) is 5.57. The van der Waals surface area contributed by atoms with Crippen molar-refractivity contribution in [3.05, 3.63) is 57.8 Å². The van der Waals surface area contributed by atoms with E-state index in [4.69, 9.17) is 22.6 Å². The van der Waals surface area contributed by atoms with Gasteiger partial charge in [-0.2, -0.15) is 5.26 Å². The van der Waals surface area contributed by atoms with Crippen molar-refractivity contribution in [1.29, 1.82) is 5.26 Å². The van der Waals surface area contributed by atoms with Crippen molar-refractivity contribution in [1.82, 2.24) is 4.98 Å². The number of pyridine rings is 1. The fourth-order valence-electron chi connectivity index (χ4n) is 1.56. The van der Waals surface area contributed by atoms with Crippen LogP contribution in [-0.2, 0) is 4.79 Å². The zero-order valence-electron chi connectivity index (χ0n) is 11.7. The summed E-state index contributed by atoms with van der Waals surface area (Å²) < 4.78 is 0.825. The van der Waals surface area contributed by atoms with Crippen molar-refractivity contribution >= 4 is 50.6 Å². The molecule has 1 aromatic carbocycles. The molecule has 2 rings (SSSR count). The number of hydrogen-bond donors (Lipinski definition) is 3. The summed E-state index contributed by atoms with van der Waals surface area (Å²) in [5.74, 6) is -0.0674. The molecule has 1 aromatic heterocycles. The van der Waals surface area contributed by atoms with Crippen LogP contribution >= 0.6 is 27.5 Å². The van der Waals surface area contributed by atoms with Gasteiger partial charge in [0.05, 0.1) is 10.7 Å². The minimum Gasteiger partial charge on any atom is -0.398 e. The molecule has 116 valence electrons. The third-order valence-electron chi connectivity index (χ3n) is 2.72. The minimum atomic E-state index is -0.571. The predicted molar refractivity (Wildman–Crippen MR) is 93.7 cm³/mol. The summed E-state index contributed by atoms with van der Waals surface area (Å²) in [7, 11) is 0. The van der Waals surface area contributed by atoms with E-state index in [9.17, 15) is 4.79 Å². The van der Waals surface area contributed by atoms with Crippen molar-refractivity contribution in [2.24, 2.45) is 0 Å². The molecule has 0 spiro atoms. The highest BCUT2D eigenvalue weighted by Crippen LogP contribution is 2.22. The molecule has 0 atom stereocenters. The van der Waals surface area contributed by atoms with E-state index in [1.54, 1.807) is 30.5 Å². The molecule has 0 radical (unpaired) electrons. The van der Waals surface area contributed by atoms with Crippen LogP contribution in [0.1, 0.15) is 0 Å². The molecule has 0 aliphatic heterocycles. The first-order valence-corrected chi connectivity index (χ1v) is 7.51. The van der Waals surface area contributed by atoms with Crippen LogP contribution in [0.3, 0.4) is 0 Å². The number of hydrogen-bond acceptors (Lipinski definition) is 5. The normalized spacial score (nSPS) is 10.7. The molecule has 0 aliphatic rings. The molecule has 23 heavy (non-hydrogen) atoms. The SMILES string of the molecule is N#C/C(=C/Nc1ccc(Br)cn1)C(=O)Nc1ccc(N)c(Cl)c1. The highest BCUT2D eigenvalue weighted by Gasteiger charge is 2.10. The second-order valence-electron chi connectivity index (χ2n) is 4.37. The van der Waals surface area contributed by atoms with E-state index in [0.717, 1.165) is 4.47 Å². The molecule has 6 nitrogen and oxygen atoms in total. The van der Waals surface area contributed by atoms with Crippen LogP contribution in [-0.4, -0.2) is 10.9 Å². The van der Waals surface area contributed by atoms with Crippen molar-refractivity contribution in [3.63, 3.8) is 0 Å². The van der Waals surface area contributed by atoms with Gasteiger partial charge < -0.3 is 16.4 Å². The van der Waals surface area contributed by atoms with Crippen molar-refractivity contribution in [2.45, 2.75) is 0 Å². The maximum atomic E-state index is 12.1. The Hall–Kier alpha value is -2.56. The zero-order valence-corrected chi connectivity index (χ0v) is 14.0. The number of amides is 1. The molecule has 8 heteroatoms. The van der Waals surface area contributed by atoms with Gasteiger partial charge >= 0.3 is 0 Å². The molecular formula is C15H11BrClN5O. The summed E-state index contributed by atoms with van der Waals surface area (Å²) in [6, 6.07) is 9.98. The number of nitrogen functional groups attached to an aromatic ring is 1. The van der Waals surface area contributed by atoms with Gasteiger partial charge in [0.25, 0.3) is 5.91 Å². The first-order valence-electron chi connectivity index (χ1n) is 6.34. The number of aromatic nitrogens is 1. The van der Waals surface area contributed by atoms with Crippen molar-refractivity contribution in [2.75, 3.05) is 16.4 Å². The summed E-state index contributed by atoms with van der Waals surface area (Å²) in [5, 5.41) is 14.8. The number of benzene rings is 1. The molecule has 0 unspecified atom stereocenters. The number of nitrogens with zero attached hydrogens (tertiary/aromatic N) is 2. The van der Waals surface area contributed by atoms with Gasteiger partial charge in [-0.15, -0.1) is 0 Å². The Balaban J connectivity index is 2.08. The van der Waals surface area contributed by atoms with Gasteiger partial charge in [-0.25, -0.2) is 4.98 Å². The largest absolute Gasteiger partial charge is 0.398 e. The number of nitrogens with two attached hydrogens (primary N) is 1. The Morgan fingerprint density at radius 3 is 2.78 bits per heavy atom. The summed E-state index contributed by atoms with van der Waals surface area (Å²) in [6.07, 6.45) is 2.88. The van der Waals surface area contributed by atoms with E-state index >= 15 is 0 Å². The Morgan fingerprint density at radius 1 is 1.39 bits per heavy atom. The van der Waals surface area contributed by atoms with E-state index in [-0.39, 0.29) is 5.57 Å². The predicted octanol–water partition coefficient (Wildman–Crippen LogP) is 3.54. The third-order valence-corrected chi connectivity index (χ3v) is 3.51. The second kappa shape index (κ2) is 7.63. The first-order chi connectivity index (χ1) is 11.0. The lowest BCUT2D eigenvalue weighted by atomic mass is 10.2. The molecule has 0 saturated carbocycles. The highest BCUT2D eigenvalue weighted by molar-refractivity contribution is 9.10. The van der Waals surface area contributed by atoms with E-state index in [2.05, 4.69) is 31.5 Å². The van der Waals surface area contributed by atoms with Gasteiger partial charge in [0, 0.05) is 22.6 Å². The van der Waals surface area contributed by atoms with E-state index in [1.807, 2.05) is 6.07 Å². The fraction of sp³-hybridized carbons (Fsp3) is 0. The second-order valence-corrected chi connectivity index (χ2v) is 5.69. The number of carbonyl (C=O) groups is 1. The van der Waals surface area contributed by atoms with Gasteiger partial charge in [0.15, 0.2) is 0 Å². The molecule has 2 aromatic rings. The van der Waals surface area contributed by atoms with Crippen LogP contribution in [0, 0.1) is 11.3 Å². The van der Waals surface area contributed by atoms with Crippen LogP contribution in [0.15, 0.2) is 52.8 Å². The van der Waals surface area contributed by atoms with Gasteiger partial charge in [-0.1, -0.05) is 11.6 Å². The average molecular weight is 393 g/mol. The smallest absolute Gasteiger partial charge is 0.267 e. The van der Waals surface area contributed by atoms with Crippen LogP contribution in [0.5, 0.6) is 0 Å². The van der Waals surface area contributed by atoms with Crippen LogP contribution in [0.2, 0.25) is 5.02 Å². The van der Waals surface area contributed by atoms with Gasteiger partial charge in [-0.3, -0.25) is 4.79 Å². The van der Waals surface area contributed by atoms with Crippen molar-refractivity contribution < 1.29 is 4.79 Å². The topological polar surface area (TPSA) is 104 Å². The van der Waals surface area contributed by atoms with E-state index in [0.29, 0.717) is 22.2 Å². The minimum absolute atomic E-state index is 0.109.